The van der Waals surface area contributed by atoms with E-state index in [1.807, 2.05) is 24.9 Å². The van der Waals surface area contributed by atoms with Gasteiger partial charge in [-0.05, 0) is 13.3 Å². The molecule has 1 aromatic rings. The molecular formula is C12H19N3OS2. The zero-order valence-corrected chi connectivity index (χ0v) is 12.4. The number of aryl methyl sites for hydroxylation is 1. The Hall–Kier alpha value is -0.590. The number of nitrogens with zero attached hydrogens (tertiary/aromatic N) is 1. The van der Waals surface area contributed by atoms with Gasteiger partial charge in [0.05, 0.1) is 12.1 Å². The predicted octanol–water partition coefficient (Wildman–Crippen LogP) is 1.59. The molecule has 0 saturated carbocycles. The van der Waals surface area contributed by atoms with Gasteiger partial charge in [-0.2, -0.15) is 11.8 Å². The normalized spacial score (nSPS) is 21.6. The summed E-state index contributed by atoms with van der Waals surface area (Å²) in [5.41, 5.74) is 0. The molecular weight excluding hydrogens is 266 g/mol. The molecule has 2 atom stereocenters. The van der Waals surface area contributed by atoms with E-state index in [0.717, 1.165) is 29.5 Å². The number of carbonyl (C=O) groups is 1. The highest BCUT2D eigenvalue weighted by Gasteiger charge is 2.23. The van der Waals surface area contributed by atoms with Gasteiger partial charge in [0.25, 0.3) is 0 Å². The fraction of sp³-hybridized carbons (Fsp3) is 0.667. The van der Waals surface area contributed by atoms with Crippen LogP contribution in [0.15, 0.2) is 6.20 Å². The fourth-order valence-electron chi connectivity index (χ4n) is 1.80. The van der Waals surface area contributed by atoms with Crippen molar-refractivity contribution in [3.8, 4) is 0 Å². The van der Waals surface area contributed by atoms with E-state index in [4.69, 9.17) is 0 Å². The Balaban J connectivity index is 1.89. The molecule has 2 unspecified atom stereocenters. The van der Waals surface area contributed by atoms with Gasteiger partial charge < -0.3 is 10.6 Å². The Bertz CT molecular complexity index is 402. The number of aromatic nitrogens is 1. The molecule has 2 N–H and O–H groups in total. The summed E-state index contributed by atoms with van der Waals surface area (Å²) in [6.45, 7) is 5.02. The van der Waals surface area contributed by atoms with E-state index in [2.05, 4.69) is 22.5 Å². The van der Waals surface area contributed by atoms with Gasteiger partial charge in [0.15, 0.2) is 0 Å². The van der Waals surface area contributed by atoms with Crippen LogP contribution in [0.5, 0.6) is 0 Å². The topological polar surface area (TPSA) is 54.0 Å². The first kappa shape index (κ1) is 13.8. The monoisotopic (exact) mass is 285 g/mol. The van der Waals surface area contributed by atoms with Crippen LogP contribution in [0.25, 0.3) is 0 Å². The van der Waals surface area contributed by atoms with Crippen molar-refractivity contribution in [3.63, 3.8) is 0 Å². The van der Waals surface area contributed by atoms with Gasteiger partial charge in [-0.3, -0.25) is 4.79 Å². The maximum atomic E-state index is 12.0. The molecule has 2 rings (SSSR count). The van der Waals surface area contributed by atoms with Crippen LogP contribution in [0.1, 0.15) is 29.8 Å². The van der Waals surface area contributed by atoms with Crippen LogP contribution >= 0.6 is 23.1 Å². The molecule has 1 saturated heterocycles. The third-order valence-corrected chi connectivity index (χ3v) is 5.27. The van der Waals surface area contributed by atoms with E-state index in [0.29, 0.717) is 0 Å². The van der Waals surface area contributed by atoms with E-state index in [9.17, 15) is 4.79 Å². The maximum absolute atomic E-state index is 12.0. The van der Waals surface area contributed by atoms with Crippen molar-refractivity contribution in [3.05, 3.63) is 16.1 Å². The first-order valence-corrected chi connectivity index (χ1v) is 8.24. The highest BCUT2D eigenvalue weighted by atomic mass is 32.2. The molecule has 1 amide bonds. The van der Waals surface area contributed by atoms with E-state index < -0.39 is 0 Å². The molecule has 1 aromatic heterocycles. The highest BCUT2D eigenvalue weighted by molar-refractivity contribution is 7.99. The van der Waals surface area contributed by atoms with Crippen molar-refractivity contribution in [2.45, 2.75) is 32.4 Å². The van der Waals surface area contributed by atoms with Crippen LogP contribution in [0.4, 0.5) is 0 Å². The van der Waals surface area contributed by atoms with Gasteiger partial charge in [-0.1, -0.05) is 6.92 Å². The minimum Gasteiger partial charge on any atom is -0.346 e. The van der Waals surface area contributed by atoms with Crippen LogP contribution in [-0.2, 0) is 11.2 Å². The minimum atomic E-state index is -0.0585. The largest absolute Gasteiger partial charge is 0.346 e. The summed E-state index contributed by atoms with van der Waals surface area (Å²) in [4.78, 5) is 17.7. The second-order valence-corrected chi connectivity index (χ2v) is 6.63. The summed E-state index contributed by atoms with van der Waals surface area (Å²) < 4.78 is 0. The Labute approximate surface area is 116 Å². The predicted molar refractivity (Wildman–Crippen MR) is 77.2 cm³/mol. The van der Waals surface area contributed by atoms with E-state index in [1.54, 1.807) is 11.3 Å². The lowest BCUT2D eigenvalue weighted by atomic mass is 10.2. The number of thiazole rings is 1. The molecule has 1 aliphatic rings. The molecule has 0 aromatic carbocycles. The fourth-order valence-corrected chi connectivity index (χ4v) is 3.59. The number of amides is 1. The molecule has 18 heavy (non-hydrogen) atoms. The lowest BCUT2D eigenvalue weighted by molar-refractivity contribution is -0.123. The van der Waals surface area contributed by atoms with Gasteiger partial charge in [0, 0.05) is 29.1 Å². The molecule has 0 spiro atoms. The van der Waals surface area contributed by atoms with Crippen LogP contribution in [0.2, 0.25) is 0 Å². The molecule has 1 fully saturated rings. The summed E-state index contributed by atoms with van der Waals surface area (Å²) in [7, 11) is 0. The van der Waals surface area contributed by atoms with Crippen molar-refractivity contribution < 1.29 is 4.79 Å². The quantitative estimate of drug-likeness (QED) is 0.882. The second kappa shape index (κ2) is 6.54. The van der Waals surface area contributed by atoms with Crippen LogP contribution in [0.3, 0.4) is 0 Å². The van der Waals surface area contributed by atoms with Gasteiger partial charge in [0.1, 0.15) is 5.01 Å². The van der Waals surface area contributed by atoms with Crippen molar-refractivity contribution in [2.24, 2.45) is 0 Å². The van der Waals surface area contributed by atoms with Gasteiger partial charge in [0.2, 0.25) is 5.91 Å². The summed E-state index contributed by atoms with van der Waals surface area (Å²) in [6, 6.07) is -0.0617. The van der Waals surface area contributed by atoms with E-state index in [1.165, 1.54) is 4.88 Å². The lowest BCUT2D eigenvalue weighted by Crippen LogP contribution is -2.49. The van der Waals surface area contributed by atoms with Crippen LogP contribution in [-0.4, -0.2) is 35.0 Å². The van der Waals surface area contributed by atoms with Gasteiger partial charge in [-0.15, -0.1) is 11.3 Å². The molecule has 0 bridgehead atoms. The summed E-state index contributed by atoms with van der Waals surface area (Å²) in [5.74, 6) is 2.03. The van der Waals surface area contributed by atoms with Crippen molar-refractivity contribution >= 4 is 29.0 Å². The first-order valence-electron chi connectivity index (χ1n) is 6.26. The lowest BCUT2D eigenvalue weighted by Gasteiger charge is -2.23. The Morgan fingerprint density at radius 1 is 1.72 bits per heavy atom. The smallest absolute Gasteiger partial charge is 0.238 e. The number of rotatable bonds is 4. The van der Waals surface area contributed by atoms with E-state index in [-0.39, 0.29) is 18.0 Å². The SMILES string of the molecule is CCc1cnc(C(C)NC(=O)C2CSCCN2)s1. The third kappa shape index (κ3) is 3.46. The van der Waals surface area contributed by atoms with Crippen molar-refractivity contribution in [1.29, 1.82) is 0 Å². The maximum Gasteiger partial charge on any atom is 0.238 e. The molecule has 6 heteroatoms. The summed E-state index contributed by atoms with van der Waals surface area (Å²) >= 11 is 3.50. The number of nitrogens with one attached hydrogen (secondary N) is 2. The zero-order chi connectivity index (χ0) is 13.0. The van der Waals surface area contributed by atoms with Crippen LogP contribution in [0, 0.1) is 0 Å². The van der Waals surface area contributed by atoms with Gasteiger partial charge in [-0.25, -0.2) is 4.98 Å². The Morgan fingerprint density at radius 2 is 2.56 bits per heavy atom. The molecule has 0 radical (unpaired) electrons. The number of carbonyl (C=O) groups excluding carboxylic acids is 1. The van der Waals surface area contributed by atoms with Crippen molar-refractivity contribution in [1.82, 2.24) is 15.6 Å². The van der Waals surface area contributed by atoms with Crippen LogP contribution < -0.4 is 10.6 Å². The summed E-state index contributed by atoms with van der Waals surface area (Å²) in [5, 5.41) is 7.27. The number of thioether (sulfide) groups is 1. The minimum absolute atomic E-state index is 0.00322. The molecule has 100 valence electrons. The third-order valence-electron chi connectivity index (χ3n) is 2.89. The molecule has 4 nitrogen and oxygen atoms in total. The second-order valence-electron chi connectivity index (χ2n) is 4.33. The average molecular weight is 285 g/mol. The highest BCUT2D eigenvalue weighted by Crippen LogP contribution is 2.20. The molecule has 0 aliphatic carbocycles. The van der Waals surface area contributed by atoms with Gasteiger partial charge >= 0.3 is 0 Å². The molecule has 2 heterocycles. The molecule has 1 aliphatic heterocycles. The van der Waals surface area contributed by atoms with E-state index >= 15 is 0 Å². The zero-order valence-electron chi connectivity index (χ0n) is 10.7. The average Bonchev–Trinajstić information content (AvgIpc) is 2.88. The summed E-state index contributed by atoms with van der Waals surface area (Å²) in [6.07, 6.45) is 2.90. The standard InChI is InChI=1S/C12H19N3OS2/c1-3-9-6-14-12(18-9)8(2)15-11(16)10-7-17-5-4-13-10/h6,8,10,13H,3-5,7H2,1-2H3,(H,15,16). The number of hydrogen-bond acceptors (Lipinski definition) is 5. The Kier molecular flexibility index (Phi) is 5.03. The first-order chi connectivity index (χ1) is 8.70. The Morgan fingerprint density at radius 3 is 3.17 bits per heavy atom. The number of hydrogen-bond donors (Lipinski definition) is 2. The van der Waals surface area contributed by atoms with Crippen molar-refractivity contribution in [2.75, 3.05) is 18.1 Å².